The summed E-state index contributed by atoms with van der Waals surface area (Å²) in [6.45, 7) is 2.30. The van der Waals surface area contributed by atoms with Crippen LogP contribution in [0.15, 0.2) is 36.4 Å². The highest BCUT2D eigenvalue weighted by Gasteiger charge is 2.32. The summed E-state index contributed by atoms with van der Waals surface area (Å²) < 4.78 is 41.4. The molecule has 0 unspecified atom stereocenters. The summed E-state index contributed by atoms with van der Waals surface area (Å²) in [7, 11) is 0. The third kappa shape index (κ3) is 7.39. The van der Waals surface area contributed by atoms with Crippen LogP contribution in [0.25, 0.3) is 10.8 Å². The second kappa shape index (κ2) is 11.8. The van der Waals surface area contributed by atoms with E-state index in [1.807, 2.05) is 6.07 Å². The summed E-state index contributed by atoms with van der Waals surface area (Å²) in [5.41, 5.74) is 1.28. The van der Waals surface area contributed by atoms with Crippen molar-refractivity contribution in [3.63, 3.8) is 0 Å². The van der Waals surface area contributed by atoms with Gasteiger partial charge in [0.15, 0.2) is 0 Å². The lowest BCUT2D eigenvalue weighted by molar-refractivity contribution is -0.274. The molecule has 0 N–H and O–H groups in total. The molecule has 0 aliphatic heterocycles. The average Bonchev–Trinajstić information content (AvgIpc) is 2.83. The number of halogens is 3. The normalized spacial score (nSPS) is 26.0. The van der Waals surface area contributed by atoms with E-state index in [1.165, 1.54) is 101 Å². The fourth-order valence-electron chi connectivity index (χ4n) is 6.58. The summed E-state index contributed by atoms with van der Waals surface area (Å²) in [6, 6.07) is 10.7. The van der Waals surface area contributed by atoms with Gasteiger partial charge >= 0.3 is 6.36 Å². The van der Waals surface area contributed by atoms with E-state index in [0.29, 0.717) is 0 Å². The van der Waals surface area contributed by atoms with Gasteiger partial charge in [0.1, 0.15) is 5.75 Å². The van der Waals surface area contributed by atoms with Gasteiger partial charge in [-0.25, -0.2) is 0 Å². The molecule has 0 spiro atoms. The first kappa shape index (κ1) is 25.4. The van der Waals surface area contributed by atoms with E-state index in [1.54, 1.807) is 6.07 Å². The second-order valence-electron chi connectivity index (χ2n) is 11.0. The number of fused-ring (bicyclic) bond motifs is 1. The van der Waals surface area contributed by atoms with Crippen molar-refractivity contribution in [2.24, 2.45) is 23.7 Å². The van der Waals surface area contributed by atoms with Crippen molar-refractivity contribution < 1.29 is 17.9 Å². The standard InChI is InChI=1S/C30H41F3O/c1-2-3-4-5-22-8-13-25(14-9-22)26-15-10-23(11-16-26)6-7-24-12-17-28-21-29(34-30(31,32)33)19-18-27(28)20-24/h12,17-23,25-26H,2-11,13-16H2,1H3/t22-,23-,25-,26-. The van der Waals surface area contributed by atoms with E-state index in [4.69, 9.17) is 0 Å². The third-order valence-electron chi connectivity index (χ3n) is 8.62. The Morgan fingerprint density at radius 1 is 0.735 bits per heavy atom. The van der Waals surface area contributed by atoms with E-state index in [9.17, 15) is 13.2 Å². The lowest BCUT2D eigenvalue weighted by Crippen LogP contribution is -2.26. The Kier molecular flexibility index (Phi) is 8.82. The monoisotopic (exact) mass is 474 g/mol. The van der Waals surface area contributed by atoms with Crippen LogP contribution in [0.1, 0.15) is 96.0 Å². The summed E-state index contributed by atoms with van der Waals surface area (Å²) in [5, 5.41) is 1.76. The number of aryl methyl sites for hydroxylation is 1. The Labute approximate surface area is 203 Å². The van der Waals surface area contributed by atoms with Crippen molar-refractivity contribution in [2.75, 3.05) is 0 Å². The molecule has 0 radical (unpaired) electrons. The van der Waals surface area contributed by atoms with Crippen LogP contribution in [0, 0.1) is 23.7 Å². The number of alkyl halides is 3. The molecule has 4 heteroatoms. The first-order valence-electron chi connectivity index (χ1n) is 13.7. The van der Waals surface area contributed by atoms with Gasteiger partial charge in [0.05, 0.1) is 0 Å². The van der Waals surface area contributed by atoms with Gasteiger partial charge in [-0.3, -0.25) is 0 Å². The van der Waals surface area contributed by atoms with Crippen LogP contribution in [-0.2, 0) is 6.42 Å². The van der Waals surface area contributed by atoms with Gasteiger partial charge in [-0.05, 0) is 90.7 Å². The molecule has 188 valence electrons. The van der Waals surface area contributed by atoms with E-state index < -0.39 is 6.36 Å². The molecule has 1 nitrogen and oxygen atoms in total. The van der Waals surface area contributed by atoms with Gasteiger partial charge in [-0.1, -0.05) is 82.6 Å². The highest BCUT2D eigenvalue weighted by molar-refractivity contribution is 5.84. The molecule has 0 saturated heterocycles. The van der Waals surface area contributed by atoms with Crippen LogP contribution in [0.5, 0.6) is 5.75 Å². The largest absolute Gasteiger partial charge is 0.573 e. The Morgan fingerprint density at radius 2 is 1.32 bits per heavy atom. The fraction of sp³-hybridized carbons (Fsp3) is 0.667. The SMILES string of the molecule is CCCCC[C@H]1CC[C@H]([C@H]2CC[C@H](CCc3ccc4cc(OC(F)(F)F)ccc4c3)CC2)CC1. The lowest BCUT2D eigenvalue weighted by atomic mass is 9.68. The maximum atomic E-state index is 12.5. The number of hydrogen-bond acceptors (Lipinski definition) is 1. The maximum Gasteiger partial charge on any atom is 0.573 e. The van der Waals surface area contributed by atoms with Crippen molar-refractivity contribution in [1.29, 1.82) is 0 Å². The highest BCUT2D eigenvalue weighted by Crippen LogP contribution is 2.43. The molecule has 2 aromatic rings. The van der Waals surface area contributed by atoms with Gasteiger partial charge in [-0.2, -0.15) is 0 Å². The van der Waals surface area contributed by atoms with E-state index >= 15 is 0 Å². The smallest absolute Gasteiger partial charge is 0.406 e. The lowest BCUT2D eigenvalue weighted by Gasteiger charge is -2.38. The molecule has 0 atom stereocenters. The van der Waals surface area contributed by atoms with Crippen molar-refractivity contribution in [1.82, 2.24) is 0 Å². The second-order valence-corrected chi connectivity index (χ2v) is 11.0. The van der Waals surface area contributed by atoms with Crippen molar-refractivity contribution in [3.8, 4) is 5.75 Å². The van der Waals surface area contributed by atoms with Gasteiger partial charge < -0.3 is 4.74 Å². The van der Waals surface area contributed by atoms with Crippen LogP contribution in [-0.4, -0.2) is 6.36 Å². The molecule has 0 amide bonds. The number of unbranched alkanes of at least 4 members (excludes halogenated alkanes) is 2. The number of benzene rings is 2. The van der Waals surface area contributed by atoms with E-state index in [-0.39, 0.29) is 5.75 Å². The average molecular weight is 475 g/mol. The molecule has 2 saturated carbocycles. The minimum atomic E-state index is -4.65. The van der Waals surface area contributed by atoms with Gasteiger partial charge in [0.25, 0.3) is 0 Å². The number of ether oxygens (including phenoxy) is 1. The topological polar surface area (TPSA) is 9.23 Å². The molecule has 0 aromatic heterocycles. The Bertz CT molecular complexity index is 890. The Balaban J connectivity index is 1.19. The quantitative estimate of drug-likeness (QED) is 0.329. The molecule has 0 bridgehead atoms. The van der Waals surface area contributed by atoms with Crippen LogP contribution in [0.3, 0.4) is 0 Å². The molecule has 2 aliphatic carbocycles. The summed E-state index contributed by atoms with van der Waals surface area (Å²) >= 11 is 0. The van der Waals surface area contributed by atoms with Crippen molar-refractivity contribution in [2.45, 2.75) is 103 Å². The Hall–Kier alpha value is -1.71. The number of rotatable bonds is 9. The zero-order valence-electron chi connectivity index (χ0n) is 20.7. The summed E-state index contributed by atoms with van der Waals surface area (Å²) in [5.74, 6) is 3.61. The minimum absolute atomic E-state index is 0.158. The highest BCUT2D eigenvalue weighted by atomic mass is 19.4. The predicted molar refractivity (Wildman–Crippen MR) is 134 cm³/mol. The van der Waals surface area contributed by atoms with E-state index in [2.05, 4.69) is 23.8 Å². The molecule has 0 heterocycles. The van der Waals surface area contributed by atoms with Crippen molar-refractivity contribution >= 4 is 10.8 Å². The molecule has 2 aromatic carbocycles. The summed E-state index contributed by atoms with van der Waals surface area (Å²) in [4.78, 5) is 0. The van der Waals surface area contributed by atoms with Crippen LogP contribution in [0.4, 0.5) is 13.2 Å². The van der Waals surface area contributed by atoms with Crippen LogP contribution >= 0.6 is 0 Å². The molecule has 34 heavy (non-hydrogen) atoms. The minimum Gasteiger partial charge on any atom is -0.406 e. The number of hydrogen-bond donors (Lipinski definition) is 0. The van der Waals surface area contributed by atoms with Gasteiger partial charge in [0.2, 0.25) is 0 Å². The molecular weight excluding hydrogens is 433 g/mol. The Morgan fingerprint density at radius 3 is 1.94 bits per heavy atom. The van der Waals surface area contributed by atoms with Crippen molar-refractivity contribution in [3.05, 3.63) is 42.0 Å². The fourth-order valence-corrected chi connectivity index (χ4v) is 6.58. The predicted octanol–water partition coefficient (Wildman–Crippen LogP) is 9.86. The van der Waals surface area contributed by atoms with Crippen LogP contribution < -0.4 is 4.74 Å². The first-order valence-corrected chi connectivity index (χ1v) is 13.7. The van der Waals surface area contributed by atoms with Gasteiger partial charge in [-0.15, -0.1) is 13.2 Å². The molecular formula is C30H41F3O. The van der Waals surface area contributed by atoms with Gasteiger partial charge in [0, 0.05) is 0 Å². The van der Waals surface area contributed by atoms with Crippen LogP contribution in [0.2, 0.25) is 0 Å². The zero-order valence-corrected chi connectivity index (χ0v) is 20.7. The molecule has 4 rings (SSSR count). The maximum absolute atomic E-state index is 12.5. The molecule has 2 fully saturated rings. The third-order valence-corrected chi connectivity index (χ3v) is 8.62. The summed E-state index contributed by atoms with van der Waals surface area (Å²) in [6.07, 6.45) is 14.7. The zero-order chi connectivity index (χ0) is 24.0. The van der Waals surface area contributed by atoms with E-state index in [0.717, 1.165) is 40.9 Å². The molecule has 2 aliphatic rings. The first-order chi connectivity index (χ1) is 16.4.